The van der Waals surface area contributed by atoms with Crippen molar-refractivity contribution in [2.24, 2.45) is 0 Å². The standard InChI is InChI=1S/C18H16F2N4O2/c1-11-4-3-5-15(12(11)2)22-17(25)16-21-10-24(23-16)13-6-8-14(9-7-13)26-18(19)20/h3-10,18H,1-2H3,(H,22,25). The average Bonchev–Trinajstić information content (AvgIpc) is 3.09. The van der Waals surface area contributed by atoms with Crippen LogP contribution < -0.4 is 10.1 Å². The van der Waals surface area contributed by atoms with Crippen LogP contribution in [0.2, 0.25) is 0 Å². The molecule has 8 heteroatoms. The van der Waals surface area contributed by atoms with Gasteiger partial charge in [0.2, 0.25) is 5.82 Å². The summed E-state index contributed by atoms with van der Waals surface area (Å²) >= 11 is 0. The fraction of sp³-hybridized carbons (Fsp3) is 0.167. The highest BCUT2D eigenvalue weighted by Gasteiger charge is 2.14. The Hall–Kier alpha value is -3.29. The predicted octanol–water partition coefficient (Wildman–Crippen LogP) is 3.74. The number of halogens is 2. The lowest BCUT2D eigenvalue weighted by Gasteiger charge is -2.08. The first kappa shape index (κ1) is 17.5. The summed E-state index contributed by atoms with van der Waals surface area (Å²) in [5.74, 6) is -0.398. The second-order valence-electron chi connectivity index (χ2n) is 5.59. The number of amides is 1. The van der Waals surface area contributed by atoms with E-state index < -0.39 is 12.5 Å². The van der Waals surface area contributed by atoms with Crippen molar-refractivity contribution in [2.45, 2.75) is 20.5 Å². The van der Waals surface area contributed by atoms with E-state index in [1.165, 1.54) is 23.1 Å². The first-order chi connectivity index (χ1) is 12.4. The first-order valence-electron chi connectivity index (χ1n) is 7.78. The molecule has 0 aliphatic carbocycles. The largest absolute Gasteiger partial charge is 0.435 e. The number of rotatable bonds is 5. The van der Waals surface area contributed by atoms with Crippen LogP contribution >= 0.6 is 0 Å². The quantitative estimate of drug-likeness (QED) is 0.754. The molecule has 0 fully saturated rings. The number of hydrogen-bond donors (Lipinski definition) is 1. The van der Waals surface area contributed by atoms with Crippen molar-refractivity contribution in [1.82, 2.24) is 14.8 Å². The van der Waals surface area contributed by atoms with Gasteiger partial charge in [0.1, 0.15) is 12.1 Å². The molecule has 1 N–H and O–H groups in total. The molecule has 0 aliphatic heterocycles. The van der Waals surface area contributed by atoms with Gasteiger partial charge in [0.05, 0.1) is 5.69 Å². The van der Waals surface area contributed by atoms with Gasteiger partial charge >= 0.3 is 6.61 Å². The molecule has 0 radical (unpaired) electrons. The Morgan fingerprint density at radius 2 is 1.88 bits per heavy atom. The second kappa shape index (κ2) is 7.30. The molecule has 0 saturated carbocycles. The fourth-order valence-electron chi connectivity index (χ4n) is 2.34. The SMILES string of the molecule is Cc1cccc(NC(=O)c2ncn(-c3ccc(OC(F)F)cc3)n2)c1C. The van der Waals surface area contributed by atoms with E-state index in [1.807, 2.05) is 26.0 Å². The minimum Gasteiger partial charge on any atom is -0.435 e. The van der Waals surface area contributed by atoms with Gasteiger partial charge in [-0.15, -0.1) is 5.10 Å². The number of carbonyl (C=O) groups is 1. The number of alkyl halides is 2. The molecule has 1 heterocycles. The predicted molar refractivity (Wildman–Crippen MR) is 91.9 cm³/mol. The van der Waals surface area contributed by atoms with E-state index in [1.54, 1.807) is 18.2 Å². The fourth-order valence-corrected chi connectivity index (χ4v) is 2.34. The van der Waals surface area contributed by atoms with Crippen LogP contribution in [0.4, 0.5) is 14.5 Å². The first-order valence-corrected chi connectivity index (χ1v) is 7.78. The van der Waals surface area contributed by atoms with Gasteiger partial charge < -0.3 is 10.1 Å². The monoisotopic (exact) mass is 358 g/mol. The van der Waals surface area contributed by atoms with Gasteiger partial charge in [-0.05, 0) is 55.3 Å². The van der Waals surface area contributed by atoms with E-state index in [0.717, 1.165) is 11.1 Å². The van der Waals surface area contributed by atoms with Crippen LogP contribution in [0.15, 0.2) is 48.8 Å². The third-order valence-corrected chi connectivity index (χ3v) is 3.87. The average molecular weight is 358 g/mol. The van der Waals surface area contributed by atoms with Gasteiger partial charge in [-0.1, -0.05) is 12.1 Å². The molecule has 0 atom stereocenters. The minimum absolute atomic E-state index is 0.00110. The number of anilines is 1. The third-order valence-electron chi connectivity index (χ3n) is 3.87. The Morgan fingerprint density at radius 3 is 2.58 bits per heavy atom. The molecule has 2 aromatic carbocycles. The van der Waals surface area contributed by atoms with Crippen molar-refractivity contribution in [3.8, 4) is 11.4 Å². The summed E-state index contributed by atoms with van der Waals surface area (Å²) in [6.07, 6.45) is 1.38. The summed E-state index contributed by atoms with van der Waals surface area (Å²) in [5.41, 5.74) is 3.28. The van der Waals surface area contributed by atoms with E-state index >= 15 is 0 Å². The Bertz CT molecular complexity index is 923. The summed E-state index contributed by atoms with van der Waals surface area (Å²) in [6, 6.07) is 11.5. The van der Waals surface area contributed by atoms with Crippen molar-refractivity contribution >= 4 is 11.6 Å². The molecular weight excluding hydrogens is 342 g/mol. The molecule has 0 aliphatic rings. The van der Waals surface area contributed by atoms with Crippen LogP contribution in [0.5, 0.6) is 5.75 Å². The van der Waals surface area contributed by atoms with Gasteiger partial charge in [0.25, 0.3) is 5.91 Å². The molecule has 0 saturated heterocycles. The zero-order chi connectivity index (χ0) is 18.7. The molecule has 134 valence electrons. The van der Waals surface area contributed by atoms with Gasteiger partial charge in [-0.2, -0.15) is 8.78 Å². The smallest absolute Gasteiger partial charge is 0.387 e. The summed E-state index contributed by atoms with van der Waals surface area (Å²) in [4.78, 5) is 16.3. The number of benzene rings is 2. The maximum absolute atomic E-state index is 12.3. The van der Waals surface area contributed by atoms with E-state index in [9.17, 15) is 13.6 Å². The lowest BCUT2D eigenvalue weighted by Crippen LogP contribution is -2.15. The molecular formula is C18H16F2N4O2. The van der Waals surface area contributed by atoms with Crippen LogP contribution in [0.25, 0.3) is 5.69 Å². The number of nitrogens with zero attached hydrogens (tertiary/aromatic N) is 3. The summed E-state index contributed by atoms with van der Waals surface area (Å²) in [7, 11) is 0. The molecule has 3 rings (SSSR count). The number of aryl methyl sites for hydroxylation is 1. The number of aromatic nitrogens is 3. The molecule has 1 aromatic heterocycles. The molecule has 26 heavy (non-hydrogen) atoms. The minimum atomic E-state index is -2.88. The van der Waals surface area contributed by atoms with Gasteiger partial charge in [-0.25, -0.2) is 9.67 Å². The zero-order valence-electron chi connectivity index (χ0n) is 14.1. The molecule has 0 unspecified atom stereocenters. The van der Waals surface area contributed by atoms with E-state index in [2.05, 4.69) is 20.1 Å². The van der Waals surface area contributed by atoms with Crippen molar-refractivity contribution < 1.29 is 18.3 Å². The maximum atomic E-state index is 12.3. The van der Waals surface area contributed by atoms with Gasteiger partial charge in [0, 0.05) is 5.69 Å². The summed E-state index contributed by atoms with van der Waals surface area (Å²) < 4.78 is 30.0. The lowest BCUT2D eigenvalue weighted by molar-refractivity contribution is -0.0498. The number of carbonyl (C=O) groups excluding carboxylic acids is 1. The molecule has 3 aromatic rings. The molecule has 0 bridgehead atoms. The van der Waals surface area contributed by atoms with Crippen molar-refractivity contribution in [3.63, 3.8) is 0 Å². The highest BCUT2D eigenvalue weighted by atomic mass is 19.3. The Morgan fingerprint density at radius 1 is 1.15 bits per heavy atom. The van der Waals surface area contributed by atoms with Gasteiger partial charge in [-0.3, -0.25) is 4.79 Å². The topological polar surface area (TPSA) is 69.0 Å². The Balaban J connectivity index is 1.74. The number of hydrogen-bond acceptors (Lipinski definition) is 4. The summed E-state index contributed by atoms with van der Waals surface area (Å²) in [6.45, 7) is 0.993. The van der Waals surface area contributed by atoms with Crippen LogP contribution in [0.3, 0.4) is 0 Å². The highest BCUT2D eigenvalue weighted by molar-refractivity contribution is 6.02. The maximum Gasteiger partial charge on any atom is 0.387 e. The highest BCUT2D eigenvalue weighted by Crippen LogP contribution is 2.19. The zero-order valence-corrected chi connectivity index (χ0v) is 14.1. The van der Waals surface area contributed by atoms with Crippen LogP contribution in [0, 0.1) is 13.8 Å². The normalized spacial score (nSPS) is 10.8. The second-order valence-corrected chi connectivity index (χ2v) is 5.59. The Kier molecular flexibility index (Phi) is 4.92. The van der Waals surface area contributed by atoms with Crippen LogP contribution in [-0.4, -0.2) is 27.3 Å². The van der Waals surface area contributed by atoms with E-state index in [0.29, 0.717) is 11.4 Å². The van der Waals surface area contributed by atoms with Crippen molar-refractivity contribution in [3.05, 3.63) is 65.7 Å². The van der Waals surface area contributed by atoms with Crippen molar-refractivity contribution in [2.75, 3.05) is 5.32 Å². The molecule has 6 nitrogen and oxygen atoms in total. The molecule has 0 spiro atoms. The van der Waals surface area contributed by atoms with Crippen LogP contribution in [0.1, 0.15) is 21.7 Å². The number of ether oxygens (including phenoxy) is 1. The lowest BCUT2D eigenvalue weighted by atomic mass is 10.1. The van der Waals surface area contributed by atoms with E-state index in [4.69, 9.17) is 0 Å². The third kappa shape index (κ3) is 3.85. The molecule has 1 amide bonds. The van der Waals surface area contributed by atoms with E-state index in [-0.39, 0.29) is 11.6 Å². The van der Waals surface area contributed by atoms with Crippen LogP contribution in [-0.2, 0) is 0 Å². The van der Waals surface area contributed by atoms with Crippen molar-refractivity contribution in [1.29, 1.82) is 0 Å². The number of nitrogens with one attached hydrogen (secondary N) is 1. The summed E-state index contributed by atoms with van der Waals surface area (Å²) in [5, 5.41) is 6.91. The van der Waals surface area contributed by atoms with Gasteiger partial charge in [0.15, 0.2) is 0 Å². The Labute approximate surface area is 148 Å².